The Bertz CT molecular complexity index is 591. The number of piperidine rings is 1. The highest BCUT2D eigenvalue weighted by molar-refractivity contribution is 6.32. The van der Waals surface area contributed by atoms with Crippen molar-refractivity contribution in [2.75, 3.05) is 18.4 Å². The Morgan fingerprint density at radius 2 is 2.17 bits per heavy atom. The van der Waals surface area contributed by atoms with Crippen LogP contribution < -0.4 is 10.1 Å². The molecule has 1 heterocycles. The molecule has 6 nitrogen and oxygen atoms in total. The van der Waals surface area contributed by atoms with E-state index in [1.807, 2.05) is 13.8 Å². The molecular weight excluding hydrogens is 320 g/mol. The SMILES string of the molecule is CC(C)Oc1c(Cl)cccc1NC(=O)N1CCCC(C(=O)O)C1. The number of aliphatic carboxylic acids is 1. The fourth-order valence-electron chi connectivity index (χ4n) is 2.52. The zero-order chi connectivity index (χ0) is 17.0. The van der Waals surface area contributed by atoms with Crippen molar-refractivity contribution in [3.63, 3.8) is 0 Å². The lowest BCUT2D eigenvalue weighted by Crippen LogP contribution is -2.44. The summed E-state index contributed by atoms with van der Waals surface area (Å²) in [5.74, 6) is -0.960. The number of amides is 2. The van der Waals surface area contributed by atoms with E-state index in [9.17, 15) is 9.59 Å². The molecule has 0 bridgehead atoms. The maximum Gasteiger partial charge on any atom is 0.321 e. The molecule has 1 saturated heterocycles. The van der Waals surface area contributed by atoms with Crippen molar-refractivity contribution in [2.24, 2.45) is 5.92 Å². The van der Waals surface area contributed by atoms with Crippen LogP contribution in [0.1, 0.15) is 26.7 Å². The minimum absolute atomic E-state index is 0.0862. The standard InChI is InChI=1S/C16H21ClN2O4/c1-10(2)23-14-12(17)6-3-7-13(14)18-16(22)19-8-4-5-11(9-19)15(20)21/h3,6-7,10-11H,4-5,8-9H2,1-2H3,(H,18,22)(H,20,21). The van der Waals surface area contributed by atoms with E-state index in [1.54, 1.807) is 18.2 Å². The summed E-state index contributed by atoms with van der Waals surface area (Å²) in [5.41, 5.74) is 0.480. The van der Waals surface area contributed by atoms with E-state index in [-0.39, 0.29) is 18.7 Å². The normalized spacial score (nSPS) is 17.9. The molecule has 0 aliphatic carbocycles. The Balaban J connectivity index is 2.11. The van der Waals surface area contributed by atoms with Gasteiger partial charge >= 0.3 is 12.0 Å². The summed E-state index contributed by atoms with van der Waals surface area (Å²) in [6.45, 7) is 4.49. The third-order valence-electron chi connectivity index (χ3n) is 3.62. The predicted octanol–water partition coefficient (Wildman–Crippen LogP) is 3.46. The van der Waals surface area contributed by atoms with Gasteiger partial charge in [-0.1, -0.05) is 17.7 Å². The number of likely N-dealkylation sites (tertiary alicyclic amines) is 1. The van der Waals surface area contributed by atoms with Crippen LogP contribution in [0.3, 0.4) is 0 Å². The highest BCUT2D eigenvalue weighted by Gasteiger charge is 2.28. The molecule has 7 heteroatoms. The first-order valence-electron chi connectivity index (χ1n) is 7.62. The quantitative estimate of drug-likeness (QED) is 0.879. The van der Waals surface area contributed by atoms with Crippen LogP contribution in [0.5, 0.6) is 5.75 Å². The topological polar surface area (TPSA) is 78.9 Å². The number of hydrogen-bond acceptors (Lipinski definition) is 3. The summed E-state index contributed by atoms with van der Waals surface area (Å²) < 4.78 is 5.66. The number of benzene rings is 1. The smallest absolute Gasteiger partial charge is 0.321 e. The second-order valence-electron chi connectivity index (χ2n) is 5.84. The van der Waals surface area contributed by atoms with E-state index in [1.165, 1.54) is 4.90 Å². The Morgan fingerprint density at radius 3 is 2.83 bits per heavy atom. The number of carboxylic acids is 1. The number of rotatable bonds is 4. The minimum Gasteiger partial charge on any atom is -0.487 e. The zero-order valence-electron chi connectivity index (χ0n) is 13.2. The molecule has 1 aliphatic heterocycles. The van der Waals surface area contributed by atoms with Crippen LogP contribution in [0.25, 0.3) is 0 Å². The van der Waals surface area contributed by atoms with Gasteiger partial charge in [0.15, 0.2) is 5.75 Å². The highest BCUT2D eigenvalue weighted by atomic mass is 35.5. The van der Waals surface area contributed by atoms with E-state index in [0.717, 1.165) is 0 Å². The molecular formula is C16H21ClN2O4. The molecule has 1 aliphatic rings. The van der Waals surface area contributed by atoms with Crippen molar-refractivity contribution in [3.8, 4) is 5.75 Å². The number of halogens is 1. The number of carboxylic acid groups (broad SMARTS) is 1. The summed E-state index contributed by atoms with van der Waals surface area (Å²) in [4.78, 5) is 25.0. The number of anilines is 1. The first-order chi connectivity index (χ1) is 10.9. The van der Waals surface area contributed by atoms with E-state index < -0.39 is 11.9 Å². The van der Waals surface area contributed by atoms with Gasteiger partial charge in [0.25, 0.3) is 0 Å². The van der Waals surface area contributed by atoms with E-state index in [2.05, 4.69) is 5.32 Å². The van der Waals surface area contributed by atoms with Crippen molar-refractivity contribution in [1.29, 1.82) is 0 Å². The summed E-state index contributed by atoms with van der Waals surface area (Å²) >= 11 is 6.14. The molecule has 0 radical (unpaired) electrons. The Hall–Kier alpha value is -1.95. The van der Waals surface area contributed by atoms with Gasteiger partial charge in [-0.05, 0) is 38.8 Å². The highest BCUT2D eigenvalue weighted by Crippen LogP contribution is 2.34. The number of nitrogens with zero attached hydrogens (tertiary/aromatic N) is 1. The molecule has 0 spiro atoms. The lowest BCUT2D eigenvalue weighted by atomic mass is 9.99. The lowest BCUT2D eigenvalue weighted by Gasteiger charge is -2.31. The van der Waals surface area contributed by atoms with Crippen LogP contribution in [-0.4, -0.2) is 41.2 Å². The Labute approximate surface area is 140 Å². The molecule has 23 heavy (non-hydrogen) atoms. The van der Waals surface area contributed by atoms with Crippen molar-refractivity contribution in [2.45, 2.75) is 32.8 Å². The Morgan fingerprint density at radius 1 is 1.43 bits per heavy atom. The number of nitrogens with one attached hydrogen (secondary N) is 1. The van der Waals surface area contributed by atoms with Crippen molar-refractivity contribution < 1.29 is 19.4 Å². The third-order valence-corrected chi connectivity index (χ3v) is 3.92. The summed E-state index contributed by atoms with van der Waals surface area (Å²) in [6, 6.07) is 4.78. The number of para-hydroxylation sites is 1. The lowest BCUT2D eigenvalue weighted by molar-refractivity contribution is -0.143. The van der Waals surface area contributed by atoms with Gasteiger partial charge in [-0.2, -0.15) is 0 Å². The summed E-state index contributed by atoms with van der Waals surface area (Å²) in [6.07, 6.45) is 1.18. The number of ether oxygens (including phenoxy) is 1. The molecule has 0 saturated carbocycles. The monoisotopic (exact) mass is 340 g/mol. The van der Waals surface area contributed by atoms with Gasteiger partial charge in [-0.25, -0.2) is 4.79 Å². The third kappa shape index (κ3) is 4.51. The Kier molecular flexibility index (Phi) is 5.71. The van der Waals surface area contributed by atoms with Crippen molar-refractivity contribution in [3.05, 3.63) is 23.2 Å². The number of urea groups is 1. The molecule has 1 atom stereocenters. The molecule has 1 aromatic carbocycles. The number of carbonyl (C=O) groups excluding carboxylic acids is 1. The average molecular weight is 341 g/mol. The second kappa shape index (κ2) is 7.55. The first kappa shape index (κ1) is 17.4. The minimum atomic E-state index is -0.867. The molecule has 1 unspecified atom stereocenters. The van der Waals surface area contributed by atoms with Crippen molar-refractivity contribution in [1.82, 2.24) is 4.90 Å². The van der Waals surface area contributed by atoms with Crippen LogP contribution in [0.2, 0.25) is 5.02 Å². The largest absolute Gasteiger partial charge is 0.487 e. The van der Waals surface area contributed by atoms with Crippen LogP contribution >= 0.6 is 11.6 Å². The summed E-state index contributed by atoms with van der Waals surface area (Å²) in [7, 11) is 0. The maximum atomic E-state index is 12.4. The summed E-state index contributed by atoms with van der Waals surface area (Å²) in [5, 5.41) is 12.3. The average Bonchev–Trinajstić information content (AvgIpc) is 2.50. The first-order valence-corrected chi connectivity index (χ1v) is 8.00. The van der Waals surface area contributed by atoms with Gasteiger partial charge < -0.3 is 20.1 Å². The van der Waals surface area contributed by atoms with Crippen LogP contribution in [-0.2, 0) is 4.79 Å². The number of carbonyl (C=O) groups is 2. The zero-order valence-corrected chi connectivity index (χ0v) is 14.0. The van der Waals surface area contributed by atoms with Gasteiger partial charge in [0.1, 0.15) is 0 Å². The van der Waals surface area contributed by atoms with E-state index in [4.69, 9.17) is 21.4 Å². The van der Waals surface area contributed by atoms with Gasteiger partial charge in [-0.3, -0.25) is 4.79 Å². The van der Waals surface area contributed by atoms with Gasteiger partial charge in [-0.15, -0.1) is 0 Å². The molecule has 1 fully saturated rings. The van der Waals surface area contributed by atoms with Gasteiger partial charge in [0.05, 0.1) is 22.7 Å². The fraction of sp³-hybridized carbons (Fsp3) is 0.500. The fourth-order valence-corrected chi connectivity index (χ4v) is 2.74. The van der Waals surface area contributed by atoms with E-state index in [0.29, 0.717) is 35.8 Å². The van der Waals surface area contributed by atoms with Crippen molar-refractivity contribution >= 4 is 29.3 Å². The molecule has 126 valence electrons. The molecule has 2 rings (SSSR count). The second-order valence-corrected chi connectivity index (χ2v) is 6.24. The molecule has 2 amide bonds. The number of hydrogen-bond donors (Lipinski definition) is 2. The van der Waals surface area contributed by atoms with Crippen LogP contribution in [0.4, 0.5) is 10.5 Å². The van der Waals surface area contributed by atoms with E-state index >= 15 is 0 Å². The maximum absolute atomic E-state index is 12.4. The molecule has 0 aromatic heterocycles. The van der Waals surface area contributed by atoms with Crippen LogP contribution in [0, 0.1) is 5.92 Å². The molecule has 1 aromatic rings. The predicted molar refractivity (Wildman–Crippen MR) is 88.2 cm³/mol. The van der Waals surface area contributed by atoms with Gasteiger partial charge in [0.2, 0.25) is 0 Å². The van der Waals surface area contributed by atoms with Crippen LogP contribution in [0.15, 0.2) is 18.2 Å². The molecule has 2 N–H and O–H groups in total. The van der Waals surface area contributed by atoms with Gasteiger partial charge in [0, 0.05) is 13.1 Å².